The molecule has 1 heterocycles. The van der Waals surface area contributed by atoms with E-state index in [2.05, 4.69) is 11.0 Å². The zero-order chi connectivity index (χ0) is 18.5. The molecular weight excluding hydrogens is 328 g/mol. The topological polar surface area (TPSA) is 49.9 Å². The lowest BCUT2D eigenvalue weighted by Crippen LogP contribution is -2.49. The molecule has 1 amide bonds. The molecule has 1 aliphatic heterocycles. The molecule has 5 nitrogen and oxygen atoms in total. The minimum Gasteiger partial charge on any atom is -0.465 e. The van der Waals surface area contributed by atoms with E-state index in [1.54, 1.807) is 6.07 Å². The van der Waals surface area contributed by atoms with E-state index in [4.69, 9.17) is 4.74 Å². The zero-order valence-corrected chi connectivity index (χ0v) is 15.3. The molecule has 0 aromatic heterocycles. The maximum absolute atomic E-state index is 12.6. The van der Waals surface area contributed by atoms with Gasteiger partial charge in [-0.05, 0) is 30.7 Å². The number of nitrogens with zero attached hydrogens (tertiary/aromatic N) is 2. The summed E-state index contributed by atoms with van der Waals surface area (Å²) in [6.07, 6.45) is 0.444. The van der Waals surface area contributed by atoms with Gasteiger partial charge in [0.15, 0.2) is 0 Å². The molecule has 0 N–H and O–H groups in total. The van der Waals surface area contributed by atoms with E-state index in [9.17, 15) is 9.59 Å². The molecule has 3 rings (SSSR count). The third kappa shape index (κ3) is 4.23. The Morgan fingerprint density at radius 2 is 1.73 bits per heavy atom. The fraction of sp³-hybridized carbons (Fsp3) is 0.333. The summed E-state index contributed by atoms with van der Waals surface area (Å²) >= 11 is 0. The zero-order valence-electron chi connectivity index (χ0n) is 15.3. The maximum Gasteiger partial charge on any atom is 0.337 e. The molecule has 5 heteroatoms. The Hall–Kier alpha value is -2.82. The number of rotatable bonds is 4. The van der Waals surface area contributed by atoms with Crippen molar-refractivity contribution in [2.24, 2.45) is 0 Å². The van der Waals surface area contributed by atoms with Gasteiger partial charge in [-0.25, -0.2) is 4.79 Å². The molecule has 2 aromatic carbocycles. The van der Waals surface area contributed by atoms with Gasteiger partial charge in [0.1, 0.15) is 0 Å². The molecule has 0 aliphatic carbocycles. The van der Waals surface area contributed by atoms with Crippen molar-refractivity contribution >= 4 is 17.6 Å². The Balaban J connectivity index is 1.59. The molecule has 136 valence electrons. The van der Waals surface area contributed by atoms with Crippen LogP contribution in [0.25, 0.3) is 0 Å². The molecule has 0 spiro atoms. The van der Waals surface area contributed by atoms with Gasteiger partial charge in [0.2, 0.25) is 5.91 Å². The largest absolute Gasteiger partial charge is 0.465 e. The van der Waals surface area contributed by atoms with Crippen LogP contribution in [0, 0.1) is 6.92 Å². The Morgan fingerprint density at radius 1 is 1.00 bits per heavy atom. The normalized spacial score (nSPS) is 14.2. The highest BCUT2D eigenvalue weighted by molar-refractivity contribution is 5.90. The lowest BCUT2D eigenvalue weighted by Gasteiger charge is -2.36. The number of benzene rings is 2. The van der Waals surface area contributed by atoms with E-state index < -0.39 is 0 Å². The van der Waals surface area contributed by atoms with Crippen molar-refractivity contribution in [3.05, 3.63) is 65.2 Å². The maximum atomic E-state index is 12.6. The van der Waals surface area contributed by atoms with Crippen LogP contribution >= 0.6 is 0 Å². The molecular formula is C21H24N2O3. The molecule has 2 aromatic rings. The summed E-state index contributed by atoms with van der Waals surface area (Å²) in [5, 5.41) is 0. The van der Waals surface area contributed by atoms with Gasteiger partial charge < -0.3 is 14.5 Å². The molecule has 0 radical (unpaired) electrons. The van der Waals surface area contributed by atoms with Crippen molar-refractivity contribution in [3.8, 4) is 0 Å². The summed E-state index contributed by atoms with van der Waals surface area (Å²) in [5.41, 5.74) is 3.76. The van der Waals surface area contributed by atoms with Crippen LogP contribution in [0.15, 0.2) is 48.5 Å². The van der Waals surface area contributed by atoms with Crippen LogP contribution in [0.3, 0.4) is 0 Å². The van der Waals surface area contributed by atoms with Crippen LogP contribution in [0.2, 0.25) is 0 Å². The average Bonchev–Trinajstić information content (AvgIpc) is 2.67. The first-order valence-corrected chi connectivity index (χ1v) is 8.83. The smallest absolute Gasteiger partial charge is 0.337 e. The summed E-state index contributed by atoms with van der Waals surface area (Å²) in [6, 6.07) is 15.5. The monoisotopic (exact) mass is 352 g/mol. The van der Waals surface area contributed by atoms with Gasteiger partial charge in [-0.1, -0.05) is 35.9 Å². The number of anilines is 1. The lowest BCUT2D eigenvalue weighted by molar-refractivity contribution is -0.130. The van der Waals surface area contributed by atoms with E-state index in [0.717, 1.165) is 24.3 Å². The highest BCUT2D eigenvalue weighted by Crippen LogP contribution is 2.19. The molecule has 0 saturated carbocycles. The minimum atomic E-state index is -0.334. The van der Waals surface area contributed by atoms with Crippen LogP contribution in [0.5, 0.6) is 0 Å². The summed E-state index contributed by atoms with van der Waals surface area (Å²) in [4.78, 5) is 28.4. The molecule has 0 unspecified atom stereocenters. The predicted octanol–water partition coefficient (Wildman–Crippen LogP) is 2.67. The third-order valence-corrected chi connectivity index (χ3v) is 4.70. The fourth-order valence-corrected chi connectivity index (χ4v) is 3.27. The Morgan fingerprint density at radius 3 is 2.42 bits per heavy atom. The standard InChI is InChI=1S/C21H24N2O3/c1-16-5-3-6-17(13-16)14-20(24)23-11-9-22(10-12-23)19-8-4-7-18(15-19)21(25)26-2/h3-8,13,15H,9-12,14H2,1-2H3. The first kappa shape index (κ1) is 18.0. The van der Waals surface area contributed by atoms with Gasteiger partial charge in [-0.3, -0.25) is 4.79 Å². The number of hydrogen-bond donors (Lipinski definition) is 0. The molecule has 1 saturated heterocycles. The summed E-state index contributed by atoms with van der Waals surface area (Å²) in [7, 11) is 1.38. The van der Waals surface area contributed by atoms with Crippen LogP contribution in [0.4, 0.5) is 5.69 Å². The SMILES string of the molecule is COC(=O)c1cccc(N2CCN(C(=O)Cc3cccc(C)c3)CC2)c1. The summed E-state index contributed by atoms with van der Waals surface area (Å²) in [5.74, 6) is -0.169. The number of aryl methyl sites for hydroxylation is 1. The number of methoxy groups -OCH3 is 1. The van der Waals surface area contributed by atoms with E-state index in [1.807, 2.05) is 48.2 Å². The number of amides is 1. The van der Waals surface area contributed by atoms with Gasteiger partial charge in [0.05, 0.1) is 19.1 Å². The number of hydrogen-bond acceptors (Lipinski definition) is 4. The van der Waals surface area contributed by atoms with Crippen LogP contribution in [-0.2, 0) is 16.0 Å². The van der Waals surface area contributed by atoms with Crippen molar-refractivity contribution in [1.29, 1.82) is 0 Å². The van der Waals surface area contributed by atoms with E-state index in [-0.39, 0.29) is 11.9 Å². The molecule has 26 heavy (non-hydrogen) atoms. The minimum absolute atomic E-state index is 0.165. The van der Waals surface area contributed by atoms with Gasteiger partial charge in [0.25, 0.3) is 0 Å². The molecule has 0 atom stereocenters. The van der Waals surface area contributed by atoms with Crippen LogP contribution in [0.1, 0.15) is 21.5 Å². The van der Waals surface area contributed by atoms with E-state index in [1.165, 1.54) is 12.7 Å². The van der Waals surface area contributed by atoms with Gasteiger partial charge in [-0.15, -0.1) is 0 Å². The first-order chi connectivity index (χ1) is 12.6. The van der Waals surface area contributed by atoms with Crippen LogP contribution in [-0.4, -0.2) is 50.1 Å². The number of piperazine rings is 1. The van der Waals surface area contributed by atoms with Crippen molar-refractivity contribution in [3.63, 3.8) is 0 Å². The highest BCUT2D eigenvalue weighted by atomic mass is 16.5. The van der Waals surface area contributed by atoms with Gasteiger partial charge in [-0.2, -0.15) is 0 Å². The third-order valence-electron chi connectivity index (χ3n) is 4.70. The van der Waals surface area contributed by atoms with Gasteiger partial charge >= 0.3 is 5.97 Å². The quantitative estimate of drug-likeness (QED) is 0.794. The molecule has 1 aliphatic rings. The van der Waals surface area contributed by atoms with Crippen molar-refractivity contribution in [2.75, 3.05) is 38.2 Å². The summed E-state index contributed by atoms with van der Waals surface area (Å²) < 4.78 is 4.78. The van der Waals surface area contributed by atoms with Crippen molar-refractivity contribution in [2.45, 2.75) is 13.3 Å². The second-order valence-corrected chi connectivity index (χ2v) is 6.58. The highest BCUT2D eigenvalue weighted by Gasteiger charge is 2.22. The van der Waals surface area contributed by atoms with E-state index in [0.29, 0.717) is 25.1 Å². The summed E-state index contributed by atoms with van der Waals surface area (Å²) in [6.45, 7) is 4.92. The Bertz CT molecular complexity index is 795. The Labute approximate surface area is 154 Å². The van der Waals surface area contributed by atoms with Crippen molar-refractivity contribution in [1.82, 2.24) is 4.90 Å². The average molecular weight is 352 g/mol. The predicted molar refractivity (Wildman–Crippen MR) is 101 cm³/mol. The first-order valence-electron chi connectivity index (χ1n) is 8.83. The molecule has 0 bridgehead atoms. The number of carbonyl (C=O) groups is 2. The van der Waals surface area contributed by atoms with Gasteiger partial charge in [0, 0.05) is 31.9 Å². The van der Waals surface area contributed by atoms with Crippen molar-refractivity contribution < 1.29 is 14.3 Å². The second kappa shape index (κ2) is 8.04. The number of ether oxygens (including phenoxy) is 1. The van der Waals surface area contributed by atoms with Crippen LogP contribution < -0.4 is 4.90 Å². The fourth-order valence-electron chi connectivity index (χ4n) is 3.27. The van der Waals surface area contributed by atoms with E-state index >= 15 is 0 Å². The lowest BCUT2D eigenvalue weighted by atomic mass is 10.1. The number of esters is 1. The Kier molecular flexibility index (Phi) is 5.56. The number of carbonyl (C=O) groups excluding carboxylic acids is 2. The second-order valence-electron chi connectivity index (χ2n) is 6.58. The molecule has 1 fully saturated rings.